The third kappa shape index (κ3) is 3.90. The van der Waals surface area contributed by atoms with Crippen LogP contribution in [-0.2, 0) is 4.74 Å². The molecule has 1 rings (SSSR count). The van der Waals surface area contributed by atoms with E-state index >= 15 is 0 Å². The summed E-state index contributed by atoms with van der Waals surface area (Å²) in [6, 6.07) is 8.03. The van der Waals surface area contributed by atoms with Gasteiger partial charge in [-0.2, -0.15) is 0 Å². The highest BCUT2D eigenvalue weighted by Crippen LogP contribution is 2.17. The molecule has 84 valence electrons. The van der Waals surface area contributed by atoms with E-state index in [0.717, 1.165) is 17.7 Å². The fraction of sp³-hybridized carbons (Fsp3) is 0.500. The van der Waals surface area contributed by atoms with Gasteiger partial charge in [0, 0.05) is 13.2 Å². The molecule has 0 aliphatic heterocycles. The molecule has 0 aliphatic rings. The van der Waals surface area contributed by atoms with Gasteiger partial charge in [-0.1, -0.05) is 19.1 Å². The lowest BCUT2D eigenvalue weighted by Gasteiger charge is -2.10. The molecule has 0 bridgehead atoms. The molecule has 0 amide bonds. The van der Waals surface area contributed by atoms with E-state index < -0.39 is 0 Å². The van der Waals surface area contributed by atoms with Gasteiger partial charge < -0.3 is 15.2 Å². The number of nitrogens with two attached hydrogens (primary N) is 1. The van der Waals surface area contributed by atoms with Gasteiger partial charge in [0.2, 0.25) is 0 Å². The van der Waals surface area contributed by atoms with E-state index in [1.165, 1.54) is 0 Å². The Balaban J connectivity index is 2.49. The van der Waals surface area contributed by atoms with Crippen molar-refractivity contribution in [3.63, 3.8) is 0 Å². The first-order chi connectivity index (χ1) is 7.27. The van der Waals surface area contributed by atoms with Crippen LogP contribution in [0.3, 0.4) is 0 Å². The van der Waals surface area contributed by atoms with Gasteiger partial charge >= 0.3 is 0 Å². The number of hydrogen-bond donors (Lipinski definition) is 1. The van der Waals surface area contributed by atoms with E-state index in [-0.39, 0.29) is 6.04 Å². The molecule has 1 aromatic rings. The SMILES string of the molecule is CCC(N)c1ccc(OCCOC)cc1. The van der Waals surface area contributed by atoms with Crippen molar-refractivity contribution in [3.8, 4) is 5.75 Å². The zero-order valence-electron chi connectivity index (χ0n) is 9.40. The van der Waals surface area contributed by atoms with E-state index in [4.69, 9.17) is 15.2 Å². The molecule has 3 heteroatoms. The predicted octanol–water partition coefficient (Wildman–Crippen LogP) is 2.12. The molecule has 0 aromatic heterocycles. The molecule has 2 N–H and O–H groups in total. The second-order valence-electron chi connectivity index (χ2n) is 3.43. The van der Waals surface area contributed by atoms with Crippen LogP contribution in [0.5, 0.6) is 5.75 Å². The first-order valence-electron chi connectivity index (χ1n) is 5.25. The summed E-state index contributed by atoms with van der Waals surface area (Å²) in [5, 5.41) is 0. The zero-order chi connectivity index (χ0) is 11.1. The lowest BCUT2D eigenvalue weighted by molar-refractivity contribution is 0.146. The second kappa shape index (κ2) is 6.43. The minimum atomic E-state index is 0.123. The molecule has 0 spiro atoms. The van der Waals surface area contributed by atoms with Crippen LogP contribution in [0.1, 0.15) is 24.9 Å². The first-order valence-corrected chi connectivity index (χ1v) is 5.25. The molecule has 0 fully saturated rings. The van der Waals surface area contributed by atoms with Crippen LogP contribution in [0, 0.1) is 0 Å². The van der Waals surface area contributed by atoms with Gasteiger partial charge in [0.15, 0.2) is 0 Å². The van der Waals surface area contributed by atoms with E-state index in [9.17, 15) is 0 Å². The Morgan fingerprint density at radius 1 is 1.20 bits per heavy atom. The van der Waals surface area contributed by atoms with Crippen molar-refractivity contribution in [2.24, 2.45) is 5.73 Å². The highest BCUT2D eigenvalue weighted by Gasteiger charge is 2.02. The third-order valence-corrected chi connectivity index (χ3v) is 2.30. The van der Waals surface area contributed by atoms with Crippen LogP contribution >= 0.6 is 0 Å². The average Bonchev–Trinajstić information content (AvgIpc) is 2.29. The van der Waals surface area contributed by atoms with Crippen molar-refractivity contribution in [2.45, 2.75) is 19.4 Å². The third-order valence-electron chi connectivity index (χ3n) is 2.30. The molecular weight excluding hydrogens is 190 g/mol. The Kier molecular flexibility index (Phi) is 5.15. The van der Waals surface area contributed by atoms with Gasteiger partial charge in [-0.15, -0.1) is 0 Å². The van der Waals surface area contributed by atoms with E-state index in [2.05, 4.69) is 6.92 Å². The molecule has 0 heterocycles. The molecule has 0 aliphatic carbocycles. The quantitative estimate of drug-likeness (QED) is 0.730. The first kappa shape index (κ1) is 12.0. The molecule has 0 saturated carbocycles. The summed E-state index contributed by atoms with van der Waals surface area (Å²) in [4.78, 5) is 0. The molecule has 0 radical (unpaired) electrons. The van der Waals surface area contributed by atoms with Crippen LogP contribution in [0.4, 0.5) is 0 Å². The molecular formula is C12H19NO2. The van der Waals surface area contributed by atoms with Gasteiger partial charge in [-0.05, 0) is 24.1 Å². The topological polar surface area (TPSA) is 44.5 Å². The lowest BCUT2D eigenvalue weighted by atomic mass is 10.1. The van der Waals surface area contributed by atoms with Crippen molar-refractivity contribution in [2.75, 3.05) is 20.3 Å². The van der Waals surface area contributed by atoms with Gasteiger partial charge in [0.05, 0.1) is 6.61 Å². The largest absolute Gasteiger partial charge is 0.491 e. The molecule has 15 heavy (non-hydrogen) atoms. The zero-order valence-corrected chi connectivity index (χ0v) is 9.40. The van der Waals surface area contributed by atoms with Crippen LogP contribution in [0.25, 0.3) is 0 Å². The summed E-state index contributed by atoms with van der Waals surface area (Å²) in [6.07, 6.45) is 0.948. The maximum atomic E-state index is 5.91. The number of ether oxygens (including phenoxy) is 2. The van der Waals surface area contributed by atoms with Gasteiger partial charge in [0.1, 0.15) is 12.4 Å². The number of methoxy groups -OCH3 is 1. The minimum absolute atomic E-state index is 0.123. The average molecular weight is 209 g/mol. The Bertz CT molecular complexity index is 271. The Hall–Kier alpha value is -1.06. The van der Waals surface area contributed by atoms with Crippen molar-refractivity contribution < 1.29 is 9.47 Å². The van der Waals surface area contributed by atoms with Gasteiger partial charge in [-0.3, -0.25) is 0 Å². The Labute approximate surface area is 91.2 Å². The van der Waals surface area contributed by atoms with Crippen molar-refractivity contribution in [1.29, 1.82) is 0 Å². The smallest absolute Gasteiger partial charge is 0.119 e. The maximum absolute atomic E-state index is 5.91. The molecule has 3 nitrogen and oxygen atoms in total. The fourth-order valence-corrected chi connectivity index (χ4v) is 1.29. The molecule has 1 aromatic carbocycles. The summed E-state index contributed by atoms with van der Waals surface area (Å²) < 4.78 is 10.3. The van der Waals surface area contributed by atoms with E-state index in [1.54, 1.807) is 7.11 Å². The monoisotopic (exact) mass is 209 g/mol. The molecule has 0 saturated heterocycles. The van der Waals surface area contributed by atoms with Gasteiger partial charge in [0.25, 0.3) is 0 Å². The van der Waals surface area contributed by atoms with E-state index in [0.29, 0.717) is 13.2 Å². The van der Waals surface area contributed by atoms with Crippen LogP contribution < -0.4 is 10.5 Å². The summed E-state index contributed by atoms with van der Waals surface area (Å²) >= 11 is 0. The van der Waals surface area contributed by atoms with Crippen LogP contribution in [-0.4, -0.2) is 20.3 Å². The summed E-state index contributed by atoms with van der Waals surface area (Å²) in [5.41, 5.74) is 7.05. The highest BCUT2D eigenvalue weighted by molar-refractivity contribution is 5.28. The highest BCUT2D eigenvalue weighted by atomic mass is 16.5. The fourth-order valence-electron chi connectivity index (χ4n) is 1.29. The Morgan fingerprint density at radius 2 is 1.87 bits per heavy atom. The predicted molar refractivity (Wildman–Crippen MR) is 61.0 cm³/mol. The standard InChI is InChI=1S/C12H19NO2/c1-3-12(13)10-4-6-11(7-5-10)15-9-8-14-2/h4-7,12H,3,8-9,13H2,1-2H3. The maximum Gasteiger partial charge on any atom is 0.119 e. The summed E-state index contributed by atoms with van der Waals surface area (Å²) in [6.45, 7) is 3.26. The number of rotatable bonds is 6. The number of benzene rings is 1. The van der Waals surface area contributed by atoms with Crippen molar-refractivity contribution in [3.05, 3.63) is 29.8 Å². The van der Waals surface area contributed by atoms with Gasteiger partial charge in [-0.25, -0.2) is 0 Å². The normalized spacial score (nSPS) is 12.5. The van der Waals surface area contributed by atoms with Crippen LogP contribution in [0.15, 0.2) is 24.3 Å². The molecule has 1 unspecified atom stereocenters. The lowest BCUT2D eigenvalue weighted by Crippen LogP contribution is -2.08. The minimum Gasteiger partial charge on any atom is -0.491 e. The Morgan fingerprint density at radius 3 is 2.40 bits per heavy atom. The van der Waals surface area contributed by atoms with Crippen molar-refractivity contribution in [1.82, 2.24) is 0 Å². The van der Waals surface area contributed by atoms with E-state index in [1.807, 2.05) is 24.3 Å². The summed E-state index contributed by atoms with van der Waals surface area (Å²) in [7, 11) is 1.66. The molecule has 1 atom stereocenters. The summed E-state index contributed by atoms with van der Waals surface area (Å²) in [5.74, 6) is 0.860. The van der Waals surface area contributed by atoms with Crippen molar-refractivity contribution >= 4 is 0 Å². The van der Waals surface area contributed by atoms with Crippen LogP contribution in [0.2, 0.25) is 0 Å². The number of hydrogen-bond acceptors (Lipinski definition) is 3. The second-order valence-corrected chi connectivity index (χ2v) is 3.43.